The normalized spacial score (nSPS) is 13.3. The second-order valence-electron chi connectivity index (χ2n) is 5.00. The fourth-order valence-electron chi connectivity index (χ4n) is 2.20. The van der Waals surface area contributed by atoms with Gasteiger partial charge in [0.1, 0.15) is 5.82 Å². The van der Waals surface area contributed by atoms with E-state index in [4.69, 9.17) is 4.74 Å². The number of nitrogens with zero attached hydrogens (tertiary/aromatic N) is 1. The first kappa shape index (κ1) is 15.0. The summed E-state index contributed by atoms with van der Waals surface area (Å²) in [4.78, 5) is 16.2. The highest BCUT2D eigenvalue weighted by atomic mass is 19.1. The number of pyridine rings is 1. The molecule has 4 nitrogen and oxygen atoms in total. The number of aromatic nitrogens is 1. The third-order valence-corrected chi connectivity index (χ3v) is 3.27. The van der Waals surface area contributed by atoms with Crippen molar-refractivity contribution in [1.82, 2.24) is 4.98 Å². The zero-order valence-electron chi connectivity index (χ0n) is 12.2. The Morgan fingerprint density at radius 3 is 2.71 bits per heavy atom. The van der Waals surface area contributed by atoms with E-state index in [0.29, 0.717) is 11.3 Å². The molecule has 0 saturated heterocycles. The second-order valence-corrected chi connectivity index (χ2v) is 5.00. The van der Waals surface area contributed by atoms with Crippen LogP contribution in [0.5, 0.6) is 0 Å². The third kappa shape index (κ3) is 3.18. The summed E-state index contributed by atoms with van der Waals surface area (Å²) >= 11 is 0. The number of ether oxygens (including phenoxy) is 1. The largest absolute Gasteiger partial charge is 0.467 e. The van der Waals surface area contributed by atoms with Gasteiger partial charge in [-0.15, -0.1) is 0 Å². The number of esters is 1. The quantitative estimate of drug-likeness (QED) is 0.879. The lowest BCUT2D eigenvalue weighted by molar-refractivity contribution is -0.145. The molecule has 21 heavy (non-hydrogen) atoms. The number of anilines is 1. The molecule has 2 rings (SSSR count). The van der Waals surface area contributed by atoms with Gasteiger partial charge in [-0.1, -0.05) is 6.07 Å². The van der Waals surface area contributed by atoms with Crippen LogP contribution < -0.4 is 5.32 Å². The molecule has 1 aromatic heterocycles. The number of hydrogen-bond donors (Lipinski definition) is 1. The Morgan fingerprint density at radius 1 is 1.38 bits per heavy atom. The lowest BCUT2D eigenvalue weighted by Gasteiger charge is -2.29. The van der Waals surface area contributed by atoms with E-state index in [-0.39, 0.29) is 5.82 Å². The van der Waals surface area contributed by atoms with E-state index in [1.165, 1.54) is 19.2 Å². The summed E-state index contributed by atoms with van der Waals surface area (Å²) in [5, 5.41) is 3.05. The third-order valence-electron chi connectivity index (χ3n) is 3.27. The molecule has 1 unspecified atom stereocenters. The molecule has 2 aromatic rings. The zero-order valence-corrected chi connectivity index (χ0v) is 12.2. The van der Waals surface area contributed by atoms with Gasteiger partial charge in [0.15, 0.2) is 5.54 Å². The summed E-state index contributed by atoms with van der Waals surface area (Å²) in [6.45, 7) is 3.46. The van der Waals surface area contributed by atoms with Gasteiger partial charge in [0.2, 0.25) is 0 Å². The van der Waals surface area contributed by atoms with Crippen LogP contribution in [0.25, 0.3) is 0 Å². The van der Waals surface area contributed by atoms with Crippen LogP contribution in [-0.2, 0) is 15.1 Å². The molecule has 0 aliphatic rings. The van der Waals surface area contributed by atoms with Crippen molar-refractivity contribution in [3.05, 3.63) is 59.7 Å². The number of benzene rings is 1. The van der Waals surface area contributed by atoms with Crippen molar-refractivity contribution in [3.8, 4) is 0 Å². The molecule has 0 saturated carbocycles. The van der Waals surface area contributed by atoms with Crippen molar-refractivity contribution in [2.75, 3.05) is 12.4 Å². The highest BCUT2D eigenvalue weighted by molar-refractivity contribution is 5.85. The van der Waals surface area contributed by atoms with Crippen molar-refractivity contribution >= 4 is 11.7 Å². The Morgan fingerprint density at radius 2 is 2.14 bits per heavy atom. The fraction of sp³-hybridized carbons (Fsp3) is 0.250. The van der Waals surface area contributed by atoms with Crippen LogP contribution in [0, 0.1) is 12.7 Å². The lowest BCUT2D eigenvalue weighted by Crippen LogP contribution is -2.41. The van der Waals surface area contributed by atoms with Gasteiger partial charge in [-0.3, -0.25) is 4.98 Å². The molecule has 0 radical (unpaired) electrons. The first-order valence-electron chi connectivity index (χ1n) is 6.50. The molecule has 1 N–H and O–H groups in total. The van der Waals surface area contributed by atoms with E-state index in [9.17, 15) is 9.18 Å². The van der Waals surface area contributed by atoms with Crippen LogP contribution >= 0.6 is 0 Å². The van der Waals surface area contributed by atoms with E-state index in [2.05, 4.69) is 10.3 Å². The predicted octanol–water partition coefficient (Wildman–Crippen LogP) is 3.03. The number of hydrogen-bond acceptors (Lipinski definition) is 4. The monoisotopic (exact) mass is 288 g/mol. The molecule has 1 aromatic carbocycles. The van der Waals surface area contributed by atoms with Crippen LogP contribution in [0.1, 0.15) is 18.1 Å². The summed E-state index contributed by atoms with van der Waals surface area (Å²) < 4.78 is 18.4. The van der Waals surface area contributed by atoms with E-state index in [1.54, 1.807) is 44.4 Å². The lowest BCUT2D eigenvalue weighted by atomic mass is 9.93. The topological polar surface area (TPSA) is 51.2 Å². The zero-order chi connectivity index (χ0) is 15.5. The maximum absolute atomic E-state index is 13.5. The number of carbonyl (C=O) groups is 1. The molecule has 5 heteroatoms. The van der Waals surface area contributed by atoms with E-state index >= 15 is 0 Å². The van der Waals surface area contributed by atoms with Crippen LogP contribution in [0.3, 0.4) is 0 Å². The SMILES string of the molecule is COC(=O)C(C)(Nc1cc(C)cc(F)c1)c1cccnc1. The Balaban J connectivity index is 2.44. The highest BCUT2D eigenvalue weighted by Crippen LogP contribution is 2.28. The molecule has 0 aliphatic heterocycles. The van der Waals surface area contributed by atoms with Crippen molar-refractivity contribution in [2.45, 2.75) is 19.4 Å². The van der Waals surface area contributed by atoms with Gasteiger partial charge in [-0.05, 0) is 43.7 Å². The summed E-state index contributed by atoms with van der Waals surface area (Å²) in [5.41, 5.74) is 0.752. The minimum Gasteiger partial charge on any atom is -0.467 e. The Kier molecular flexibility index (Phi) is 4.21. The van der Waals surface area contributed by atoms with Gasteiger partial charge in [-0.2, -0.15) is 0 Å². The average molecular weight is 288 g/mol. The molecule has 0 fully saturated rings. The van der Waals surface area contributed by atoms with Crippen LogP contribution in [0.2, 0.25) is 0 Å². The van der Waals surface area contributed by atoms with Crippen molar-refractivity contribution in [3.63, 3.8) is 0 Å². The summed E-state index contributed by atoms with van der Waals surface area (Å²) in [6.07, 6.45) is 3.20. The predicted molar refractivity (Wildman–Crippen MR) is 78.4 cm³/mol. The van der Waals surface area contributed by atoms with Crippen LogP contribution in [0.4, 0.5) is 10.1 Å². The van der Waals surface area contributed by atoms with Crippen molar-refractivity contribution in [1.29, 1.82) is 0 Å². The van der Waals surface area contributed by atoms with E-state index in [0.717, 1.165) is 5.56 Å². The van der Waals surface area contributed by atoms with Gasteiger partial charge in [0, 0.05) is 23.6 Å². The number of rotatable bonds is 4. The molecule has 1 atom stereocenters. The molecule has 0 aliphatic carbocycles. The number of nitrogens with one attached hydrogen (secondary N) is 1. The second kappa shape index (κ2) is 5.91. The summed E-state index contributed by atoms with van der Waals surface area (Å²) in [7, 11) is 1.31. The van der Waals surface area contributed by atoms with Gasteiger partial charge >= 0.3 is 5.97 Å². The minimum absolute atomic E-state index is 0.365. The number of methoxy groups -OCH3 is 1. The van der Waals surface area contributed by atoms with Crippen LogP contribution in [-0.4, -0.2) is 18.1 Å². The number of halogens is 1. The summed E-state index contributed by atoms with van der Waals surface area (Å²) in [5.74, 6) is -0.840. The van der Waals surface area contributed by atoms with Gasteiger partial charge in [0.25, 0.3) is 0 Å². The van der Waals surface area contributed by atoms with Gasteiger partial charge in [-0.25, -0.2) is 9.18 Å². The molecule has 110 valence electrons. The molecule has 1 heterocycles. The first-order chi connectivity index (χ1) is 9.95. The molecule has 0 bridgehead atoms. The van der Waals surface area contributed by atoms with Crippen molar-refractivity contribution in [2.24, 2.45) is 0 Å². The van der Waals surface area contributed by atoms with Crippen molar-refractivity contribution < 1.29 is 13.9 Å². The Hall–Kier alpha value is -2.43. The molecular weight excluding hydrogens is 271 g/mol. The summed E-state index contributed by atoms with van der Waals surface area (Å²) in [6, 6.07) is 8.02. The van der Waals surface area contributed by atoms with Crippen LogP contribution in [0.15, 0.2) is 42.7 Å². The standard InChI is InChI=1S/C16H17FN2O2/c1-11-7-13(17)9-14(8-11)19-16(2,15(20)21-3)12-5-4-6-18-10-12/h4-10,19H,1-3H3. The van der Waals surface area contributed by atoms with E-state index in [1.807, 2.05) is 0 Å². The van der Waals surface area contributed by atoms with Gasteiger partial charge < -0.3 is 10.1 Å². The smallest absolute Gasteiger partial charge is 0.335 e. The molecule has 0 spiro atoms. The minimum atomic E-state index is -1.15. The molecule has 0 amide bonds. The first-order valence-corrected chi connectivity index (χ1v) is 6.50. The highest BCUT2D eigenvalue weighted by Gasteiger charge is 2.36. The average Bonchev–Trinajstić information content (AvgIpc) is 2.46. The number of carbonyl (C=O) groups excluding carboxylic acids is 1. The fourth-order valence-corrected chi connectivity index (χ4v) is 2.20. The molecular formula is C16H17FN2O2. The Labute approximate surface area is 123 Å². The van der Waals surface area contributed by atoms with Gasteiger partial charge in [0.05, 0.1) is 7.11 Å². The van der Waals surface area contributed by atoms with E-state index < -0.39 is 11.5 Å². The maximum atomic E-state index is 13.5. The maximum Gasteiger partial charge on any atom is 0.335 e. The Bertz CT molecular complexity index is 626. The number of aryl methyl sites for hydroxylation is 1.